The number of hydrogen-bond donors (Lipinski definition) is 0. The fourth-order valence-corrected chi connectivity index (χ4v) is 7.57. The van der Waals surface area contributed by atoms with Gasteiger partial charge < -0.3 is 9.32 Å². The topological polar surface area (TPSA) is 16.4 Å². The maximum absolute atomic E-state index is 6.44. The summed E-state index contributed by atoms with van der Waals surface area (Å²) in [5, 5.41) is 2.29. The highest BCUT2D eigenvalue weighted by molar-refractivity contribution is 6.10. The van der Waals surface area contributed by atoms with E-state index in [1.54, 1.807) is 0 Å². The van der Waals surface area contributed by atoms with Gasteiger partial charge in [0.2, 0.25) is 0 Å². The molecule has 0 spiro atoms. The lowest BCUT2D eigenvalue weighted by atomic mass is 9.82. The normalized spacial score (nSPS) is 13.1. The SMILES string of the molecule is CC1(C)c2ccccc2-c2ccc(N(c3ccccc3)c3ccc(-c4ccccc4-c4cccc5c4oc4ccccc45)cc3)cc21. The van der Waals surface area contributed by atoms with E-state index in [4.69, 9.17) is 4.42 Å². The van der Waals surface area contributed by atoms with Gasteiger partial charge in [-0.1, -0.05) is 135 Å². The Morgan fingerprint density at radius 1 is 0.426 bits per heavy atom. The molecule has 2 heteroatoms. The van der Waals surface area contributed by atoms with Gasteiger partial charge in [0.15, 0.2) is 0 Å². The largest absolute Gasteiger partial charge is 0.455 e. The molecular formula is C45H33NO. The maximum atomic E-state index is 6.44. The van der Waals surface area contributed by atoms with E-state index in [1.807, 2.05) is 12.1 Å². The molecule has 0 fully saturated rings. The predicted octanol–water partition coefficient (Wildman–Crippen LogP) is 12.7. The number of rotatable bonds is 5. The van der Waals surface area contributed by atoms with Crippen LogP contribution in [0, 0.1) is 0 Å². The molecule has 2 nitrogen and oxygen atoms in total. The third-order valence-electron chi connectivity index (χ3n) is 9.90. The zero-order chi connectivity index (χ0) is 31.5. The van der Waals surface area contributed by atoms with Crippen molar-refractivity contribution < 1.29 is 4.42 Å². The van der Waals surface area contributed by atoms with Crippen molar-refractivity contribution in [3.63, 3.8) is 0 Å². The van der Waals surface area contributed by atoms with Crippen LogP contribution in [-0.2, 0) is 5.41 Å². The minimum atomic E-state index is -0.0689. The summed E-state index contributed by atoms with van der Waals surface area (Å²) < 4.78 is 6.44. The monoisotopic (exact) mass is 603 g/mol. The minimum Gasteiger partial charge on any atom is -0.455 e. The Balaban J connectivity index is 1.14. The lowest BCUT2D eigenvalue weighted by molar-refractivity contribution is 0.660. The number of furan rings is 1. The summed E-state index contributed by atoms with van der Waals surface area (Å²) in [6.07, 6.45) is 0. The molecule has 1 aliphatic rings. The molecule has 9 rings (SSSR count). The van der Waals surface area contributed by atoms with Crippen LogP contribution in [0.3, 0.4) is 0 Å². The molecule has 1 aliphatic carbocycles. The molecule has 0 atom stereocenters. The molecule has 0 N–H and O–H groups in total. The van der Waals surface area contributed by atoms with Crippen molar-refractivity contribution in [1.29, 1.82) is 0 Å². The van der Waals surface area contributed by atoms with E-state index in [9.17, 15) is 0 Å². The fraction of sp³-hybridized carbons (Fsp3) is 0.0667. The van der Waals surface area contributed by atoms with E-state index in [2.05, 4.69) is 170 Å². The van der Waals surface area contributed by atoms with Gasteiger partial charge in [-0.2, -0.15) is 0 Å². The van der Waals surface area contributed by atoms with Crippen LogP contribution in [0.4, 0.5) is 17.1 Å². The van der Waals surface area contributed by atoms with Crippen molar-refractivity contribution in [3.8, 4) is 33.4 Å². The quantitative estimate of drug-likeness (QED) is 0.195. The van der Waals surface area contributed by atoms with Gasteiger partial charge in [-0.3, -0.25) is 0 Å². The molecule has 0 unspecified atom stereocenters. The van der Waals surface area contributed by atoms with Crippen LogP contribution in [0.15, 0.2) is 168 Å². The van der Waals surface area contributed by atoms with Crippen molar-refractivity contribution in [2.75, 3.05) is 4.90 Å². The molecule has 0 saturated heterocycles. The zero-order valence-corrected chi connectivity index (χ0v) is 26.4. The first-order valence-corrected chi connectivity index (χ1v) is 16.3. The smallest absolute Gasteiger partial charge is 0.143 e. The van der Waals surface area contributed by atoms with Crippen molar-refractivity contribution >= 4 is 39.0 Å². The average molecular weight is 604 g/mol. The Labute approximate surface area is 275 Å². The molecule has 1 heterocycles. The summed E-state index contributed by atoms with van der Waals surface area (Å²) >= 11 is 0. The highest BCUT2D eigenvalue weighted by Crippen LogP contribution is 2.50. The van der Waals surface area contributed by atoms with Gasteiger partial charge in [-0.15, -0.1) is 0 Å². The van der Waals surface area contributed by atoms with Gasteiger partial charge in [0.05, 0.1) is 0 Å². The molecule has 0 radical (unpaired) electrons. The summed E-state index contributed by atoms with van der Waals surface area (Å²) in [5.74, 6) is 0. The van der Waals surface area contributed by atoms with Crippen molar-refractivity contribution in [2.45, 2.75) is 19.3 Å². The third-order valence-corrected chi connectivity index (χ3v) is 9.90. The third kappa shape index (κ3) is 4.33. The molecule has 1 aromatic heterocycles. The van der Waals surface area contributed by atoms with Crippen molar-refractivity contribution in [3.05, 3.63) is 175 Å². The van der Waals surface area contributed by atoms with E-state index >= 15 is 0 Å². The second-order valence-corrected chi connectivity index (χ2v) is 12.9. The lowest BCUT2D eigenvalue weighted by Gasteiger charge is -2.28. The summed E-state index contributed by atoms with van der Waals surface area (Å²) in [6, 6.07) is 58.8. The number of hydrogen-bond acceptors (Lipinski definition) is 2. The summed E-state index contributed by atoms with van der Waals surface area (Å²) in [7, 11) is 0. The molecule has 0 saturated carbocycles. The van der Waals surface area contributed by atoms with Crippen LogP contribution in [0.1, 0.15) is 25.0 Å². The van der Waals surface area contributed by atoms with E-state index in [1.165, 1.54) is 27.8 Å². The second-order valence-electron chi connectivity index (χ2n) is 12.9. The van der Waals surface area contributed by atoms with Crippen LogP contribution in [0.5, 0.6) is 0 Å². The number of benzene rings is 7. The Bertz CT molecular complexity index is 2430. The predicted molar refractivity (Wildman–Crippen MR) is 197 cm³/mol. The maximum Gasteiger partial charge on any atom is 0.143 e. The summed E-state index contributed by atoms with van der Waals surface area (Å²) in [4.78, 5) is 2.37. The van der Waals surface area contributed by atoms with Crippen molar-refractivity contribution in [2.24, 2.45) is 0 Å². The fourth-order valence-electron chi connectivity index (χ4n) is 7.57. The summed E-state index contributed by atoms with van der Waals surface area (Å²) in [5.41, 5.74) is 15.2. The Morgan fingerprint density at radius 2 is 1.02 bits per heavy atom. The van der Waals surface area contributed by atoms with E-state index < -0.39 is 0 Å². The van der Waals surface area contributed by atoms with Gasteiger partial charge >= 0.3 is 0 Å². The Kier molecular flexibility index (Phi) is 6.20. The standard InChI is InChI=1S/C45H33NO/c1-45(2)41-21-10-8-17-36(41)37-28-27-33(29-42(37)45)46(31-13-4-3-5-14-31)32-25-23-30(24-26-32)34-15-6-7-16-35(34)39-19-12-20-40-38-18-9-11-22-43(38)47-44(39)40/h3-29H,1-2H3. The van der Waals surface area contributed by atoms with Gasteiger partial charge in [0, 0.05) is 38.8 Å². The van der Waals surface area contributed by atoms with Crippen LogP contribution < -0.4 is 4.90 Å². The van der Waals surface area contributed by atoms with Gasteiger partial charge in [-0.25, -0.2) is 0 Å². The number of para-hydroxylation sites is 3. The molecule has 0 bridgehead atoms. The number of anilines is 3. The number of nitrogens with zero attached hydrogens (tertiary/aromatic N) is 1. The van der Waals surface area contributed by atoms with Crippen LogP contribution >= 0.6 is 0 Å². The van der Waals surface area contributed by atoms with E-state index in [-0.39, 0.29) is 5.41 Å². The molecule has 7 aromatic carbocycles. The zero-order valence-electron chi connectivity index (χ0n) is 26.4. The molecule has 224 valence electrons. The van der Waals surface area contributed by atoms with Gasteiger partial charge in [-0.05, 0) is 81.4 Å². The number of fused-ring (bicyclic) bond motifs is 6. The van der Waals surface area contributed by atoms with E-state index in [0.29, 0.717) is 0 Å². The first kappa shape index (κ1) is 27.5. The molecule has 8 aromatic rings. The minimum absolute atomic E-state index is 0.0689. The first-order chi connectivity index (χ1) is 23.1. The van der Waals surface area contributed by atoms with E-state index in [0.717, 1.165) is 55.7 Å². The average Bonchev–Trinajstić information content (AvgIpc) is 3.62. The molecule has 47 heavy (non-hydrogen) atoms. The van der Waals surface area contributed by atoms with Crippen LogP contribution in [-0.4, -0.2) is 0 Å². The molecular weight excluding hydrogens is 571 g/mol. The van der Waals surface area contributed by atoms with Gasteiger partial charge in [0.25, 0.3) is 0 Å². The summed E-state index contributed by atoms with van der Waals surface area (Å²) in [6.45, 7) is 4.68. The first-order valence-electron chi connectivity index (χ1n) is 16.3. The highest BCUT2D eigenvalue weighted by atomic mass is 16.3. The Hall–Kier alpha value is -5.86. The van der Waals surface area contributed by atoms with Crippen LogP contribution in [0.25, 0.3) is 55.3 Å². The second kappa shape index (κ2) is 10.6. The molecule has 0 amide bonds. The lowest BCUT2D eigenvalue weighted by Crippen LogP contribution is -2.16. The highest BCUT2D eigenvalue weighted by Gasteiger charge is 2.35. The van der Waals surface area contributed by atoms with Gasteiger partial charge in [0.1, 0.15) is 11.2 Å². The van der Waals surface area contributed by atoms with Crippen LogP contribution in [0.2, 0.25) is 0 Å². The molecule has 0 aliphatic heterocycles. The van der Waals surface area contributed by atoms with Crippen molar-refractivity contribution in [1.82, 2.24) is 0 Å². The Morgan fingerprint density at radius 3 is 1.85 bits per heavy atom.